The van der Waals surface area contributed by atoms with Gasteiger partial charge in [-0.15, -0.1) is 0 Å². The van der Waals surface area contributed by atoms with Gasteiger partial charge in [0.1, 0.15) is 0 Å². The number of hydrogen-bond acceptors (Lipinski definition) is 1. The van der Waals surface area contributed by atoms with Crippen LogP contribution in [0.4, 0.5) is 0 Å². The summed E-state index contributed by atoms with van der Waals surface area (Å²) in [6.45, 7) is 2.25. The smallest absolute Gasteiger partial charge is 0.0302 e. The highest BCUT2D eigenvalue weighted by Gasteiger charge is 2.20. The zero-order chi connectivity index (χ0) is 6.27. The van der Waals surface area contributed by atoms with Gasteiger partial charge in [0.15, 0.2) is 0 Å². The first-order valence-corrected chi connectivity index (χ1v) is 3.30. The summed E-state index contributed by atoms with van der Waals surface area (Å²) < 4.78 is 0. The molecule has 0 aromatic carbocycles. The monoisotopic (exact) mass is 119 g/mol. The van der Waals surface area contributed by atoms with Crippen LogP contribution in [0.1, 0.15) is 24.0 Å². The van der Waals surface area contributed by atoms with E-state index in [-0.39, 0.29) is 0 Å². The first-order chi connectivity index (χ1) is 4.38. The minimum Gasteiger partial charge on any atom is -0.264 e. The quantitative estimate of drug-likeness (QED) is 0.507. The van der Waals surface area contributed by atoms with E-state index in [0.29, 0.717) is 0 Å². The predicted molar refractivity (Wildman–Crippen MR) is 36.4 cm³/mol. The molecule has 0 fully saturated rings. The Labute approximate surface area is 54.7 Å². The van der Waals surface area contributed by atoms with Gasteiger partial charge in [-0.05, 0) is 29.5 Å². The second-order valence-electron chi connectivity index (χ2n) is 2.68. The van der Waals surface area contributed by atoms with Crippen molar-refractivity contribution >= 4 is 0 Å². The molecule has 0 saturated carbocycles. The lowest BCUT2D eigenvalue weighted by Crippen LogP contribution is -2.13. The molecule has 9 heavy (non-hydrogen) atoms. The van der Waals surface area contributed by atoms with E-state index < -0.39 is 0 Å². The largest absolute Gasteiger partial charge is 0.264 e. The summed E-state index contributed by atoms with van der Waals surface area (Å²) in [5.74, 6) is 0.781. The van der Waals surface area contributed by atoms with Crippen molar-refractivity contribution in [2.24, 2.45) is 0 Å². The molecule has 1 atom stereocenters. The Kier molecular flexibility index (Phi) is 0.865. The third kappa shape index (κ3) is 0.576. The van der Waals surface area contributed by atoms with Crippen LogP contribution in [0, 0.1) is 0 Å². The van der Waals surface area contributed by atoms with Gasteiger partial charge in [-0.3, -0.25) is 4.98 Å². The van der Waals surface area contributed by atoms with Crippen LogP contribution in [-0.2, 0) is 6.42 Å². The van der Waals surface area contributed by atoms with Crippen molar-refractivity contribution in [2.45, 2.75) is 19.3 Å². The zero-order valence-corrected chi connectivity index (χ0v) is 5.46. The molecule has 1 aliphatic rings. The van der Waals surface area contributed by atoms with Gasteiger partial charge in [-0.1, -0.05) is 6.92 Å². The molecular weight excluding hydrogens is 110 g/mol. The molecule has 0 aliphatic heterocycles. The van der Waals surface area contributed by atoms with Crippen molar-refractivity contribution in [3.8, 4) is 0 Å². The van der Waals surface area contributed by atoms with Crippen molar-refractivity contribution in [1.29, 1.82) is 0 Å². The van der Waals surface area contributed by atoms with E-state index in [2.05, 4.69) is 18.0 Å². The molecule has 1 nitrogen and oxygen atoms in total. The molecule has 2 rings (SSSR count). The molecule has 0 bridgehead atoms. The van der Waals surface area contributed by atoms with Crippen molar-refractivity contribution in [3.63, 3.8) is 0 Å². The van der Waals surface area contributed by atoms with Crippen molar-refractivity contribution in [3.05, 3.63) is 29.6 Å². The van der Waals surface area contributed by atoms with Crippen molar-refractivity contribution in [2.75, 3.05) is 0 Å². The maximum Gasteiger partial charge on any atom is 0.0302 e. The molecule has 1 heteroatoms. The molecule has 0 unspecified atom stereocenters. The normalized spacial score (nSPS) is 22.6. The van der Waals surface area contributed by atoms with E-state index in [1.54, 1.807) is 0 Å². The van der Waals surface area contributed by atoms with Crippen LogP contribution in [0.15, 0.2) is 18.5 Å². The highest BCUT2D eigenvalue weighted by atomic mass is 14.6. The van der Waals surface area contributed by atoms with Crippen LogP contribution in [0.5, 0.6) is 0 Å². The molecule has 46 valence electrons. The molecule has 0 saturated heterocycles. The van der Waals surface area contributed by atoms with E-state index in [9.17, 15) is 0 Å². The molecule has 0 amide bonds. The van der Waals surface area contributed by atoms with E-state index in [1.807, 2.05) is 12.4 Å². The summed E-state index contributed by atoms with van der Waals surface area (Å²) in [6, 6.07) is 2.11. The Hall–Kier alpha value is -0.850. The molecule has 0 radical (unpaired) electrons. The van der Waals surface area contributed by atoms with E-state index in [0.717, 1.165) is 5.92 Å². The summed E-state index contributed by atoms with van der Waals surface area (Å²) in [5, 5.41) is 0. The van der Waals surface area contributed by atoms with E-state index in [1.165, 1.54) is 17.5 Å². The molecule has 1 heterocycles. The van der Waals surface area contributed by atoms with Crippen LogP contribution >= 0.6 is 0 Å². The lowest BCUT2D eigenvalue weighted by molar-refractivity contribution is 0.662. The molecular formula is C8H9N. The Bertz CT molecular complexity index is 230. The maximum atomic E-state index is 4.03. The summed E-state index contributed by atoms with van der Waals surface area (Å²) in [7, 11) is 0. The van der Waals surface area contributed by atoms with Crippen LogP contribution in [0.2, 0.25) is 0 Å². The minimum absolute atomic E-state index is 0.781. The lowest BCUT2D eigenvalue weighted by Gasteiger charge is -2.25. The standard InChI is InChI=1S/C8H9N/c1-6-4-7-5-9-3-2-8(6)7/h2-3,5-6H,4H2,1H3/t6-/m0/s1. The Balaban J connectivity index is 2.51. The predicted octanol–water partition coefficient (Wildman–Crippen LogP) is 1.74. The van der Waals surface area contributed by atoms with Crippen LogP contribution in [-0.4, -0.2) is 4.98 Å². The van der Waals surface area contributed by atoms with Gasteiger partial charge in [0.2, 0.25) is 0 Å². The fraction of sp³-hybridized carbons (Fsp3) is 0.375. The SMILES string of the molecule is C[C@H]1Cc2cnccc21. The molecule has 1 aliphatic carbocycles. The Morgan fingerprint density at radius 3 is 3.11 bits per heavy atom. The molecule has 1 aromatic heterocycles. The van der Waals surface area contributed by atoms with E-state index in [4.69, 9.17) is 0 Å². The topological polar surface area (TPSA) is 12.9 Å². The third-order valence-electron chi connectivity index (χ3n) is 2.00. The minimum atomic E-state index is 0.781. The van der Waals surface area contributed by atoms with Gasteiger partial charge in [-0.25, -0.2) is 0 Å². The van der Waals surface area contributed by atoms with Gasteiger partial charge in [0, 0.05) is 12.4 Å². The lowest BCUT2D eigenvalue weighted by atomic mass is 9.80. The first-order valence-electron chi connectivity index (χ1n) is 3.30. The average molecular weight is 119 g/mol. The number of rotatable bonds is 0. The average Bonchev–Trinajstić information content (AvgIpc) is 1.86. The highest BCUT2D eigenvalue weighted by molar-refractivity contribution is 5.36. The second-order valence-corrected chi connectivity index (χ2v) is 2.68. The van der Waals surface area contributed by atoms with E-state index >= 15 is 0 Å². The maximum absolute atomic E-state index is 4.03. The fourth-order valence-corrected chi connectivity index (χ4v) is 1.40. The Morgan fingerprint density at radius 2 is 2.56 bits per heavy atom. The van der Waals surface area contributed by atoms with Gasteiger partial charge in [0.25, 0.3) is 0 Å². The van der Waals surface area contributed by atoms with Gasteiger partial charge in [-0.2, -0.15) is 0 Å². The second kappa shape index (κ2) is 1.56. The summed E-state index contributed by atoms with van der Waals surface area (Å²) in [5.41, 5.74) is 2.93. The highest BCUT2D eigenvalue weighted by Crippen LogP contribution is 2.32. The zero-order valence-electron chi connectivity index (χ0n) is 5.46. The number of aromatic nitrogens is 1. The summed E-state index contributed by atoms with van der Waals surface area (Å²) >= 11 is 0. The third-order valence-corrected chi connectivity index (χ3v) is 2.00. The van der Waals surface area contributed by atoms with Gasteiger partial charge in [0.05, 0.1) is 0 Å². The van der Waals surface area contributed by atoms with Gasteiger partial charge >= 0.3 is 0 Å². The molecule has 0 spiro atoms. The molecule has 0 N–H and O–H groups in total. The van der Waals surface area contributed by atoms with Crippen molar-refractivity contribution < 1.29 is 0 Å². The Morgan fingerprint density at radius 1 is 1.67 bits per heavy atom. The van der Waals surface area contributed by atoms with Crippen LogP contribution in [0.25, 0.3) is 0 Å². The van der Waals surface area contributed by atoms with Crippen LogP contribution in [0.3, 0.4) is 0 Å². The number of fused-ring (bicyclic) bond motifs is 1. The first kappa shape index (κ1) is 4.98. The van der Waals surface area contributed by atoms with Crippen molar-refractivity contribution in [1.82, 2.24) is 4.98 Å². The summed E-state index contributed by atoms with van der Waals surface area (Å²) in [6.07, 6.45) is 5.06. The van der Waals surface area contributed by atoms with Crippen LogP contribution < -0.4 is 0 Å². The number of pyridine rings is 1. The number of nitrogens with zero attached hydrogens (tertiary/aromatic N) is 1. The molecule has 1 aromatic rings. The van der Waals surface area contributed by atoms with Gasteiger partial charge < -0.3 is 0 Å². The number of hydrogen-bond donors (Lipinski definition) is 0. The fourth-order valence-electron chi connectivity index (χ4n) is 1.40. The summed E-state index contributed by atoms with van der Waals surface area (Å²) in [4.78, 5) is 4.03.